The summed E-state index contributed by atoms with van der Waals surface area (Å²) in [6.45, 7) is 4.05. The molecule has 1 rings (SSSR count). The Kier molecular flexibility index (Phi) is 8.96. The lowest BCUT2D eigenvalue weighted by atomic mass is 10.1. The molecule has 0 radical (unpaired) electrons. The number of rotatable bonds is 10. The summed E-state index contributed by atoms with van der Waals surface area (Å²) < 4.78 is 5.19. The summed E-state index contributed by atoms with van der Waals surface area (Å²) in [6, 6.07) is 8.89. The molecule has 0 saturated carbocycles. The topological polar surface area (TPSA) is 55.4 Å². The Bertz CT molecular complexity index is 445. The fourth-order valence-electron chi connectivity index (χ4n) is 2.12. The van der Waals surface area contributed by atoms with Gasteiger partial charge in [-0.2, -0.15) is 0 Å². The molecule has 1 amide bonds. The highest BCUT2D eigenvalue weighted by Crippen LogP contribution is 2.05. The third-order valence-corrected chi connectivity index (χ3v) is 3.46. The van der Waals surface area contributed by atoms with Crippen LogP contribution >= 0.6 is 0 Å². The van der Waals surface area contributed by atoms with E-state index in [2.05, 4.69) is 12.2 Å². The lowest BCUT2D eigenvalue weighted by molar-refractivity contribution is -0.148. The van der Waals surface area contributed by atoms with Crippen molar-refractivity contribution in [3.63, 3.8) is 0 Å². The first kappa shape index (κ1) is 18.2. The van der Waals surface area contributed by atoms with E-state index in [0.717, 1.165) is 18.4 Å². The number of carbonyl (C=O) groups is 2. The van der Waals surface area contributed by atoms with Gasteiger partial charge in [0.2, 0.25) is 5.91 Å². The third-order valence-electron chi connectivity index (χ3n) is 3.46. The van der Waals surface area contributed by atoms with E-state index in [9.17, 15) is 9.59 Å². The van der Waals surface area contributed by atoms with Gasteiger partial charge in [-0.3, -0.25) is 4.79 Å². The van der Waals surface area contributed by atoms with Crippen LogP contribution in [0.5, 0.6) is 0 Å². The van der Waals surface area contributed by atoms with Crippen molar-refractivity contribution in [3.8, 4) is 0 Å². The zero-order valence-electron chi connectivity index (χ0n) is 13.6. The SMILES string of the molecule is CCCCCCCC(=O)N[C@@H](C)C(=O)OCc1ccccc1. The molecule has 0 aliphatic heterocycles. The molecule has 0 spiro atoms. The quantitative estimate of drug-likeness (QED) is 0.531. The first-order valence-corrected chi connectivity index (χ1v) is 8.13. The number of amides is 1. The Morgan fingerprint density at radius 1 is 1.09 bits per heavy atom. The van der Waals surface area contributed by atoms with Crippen molar-refractivity contribution in [3.05, 3.63) is 35.9 Å². The van der Waals surface area contributed by atoms with E-state index in [4.69, 9.17) is 4.74 Å². The third kappa shape index (κ3) is 7.81. The highest BCUT2D eigenvalue weighted by Gasteiger charge is 2.16. The summed E-state index contributed by atoms with van der Waals surface area (Å²) in [7, 11) is 0. The van der Waals surface area contributed by atoms with Gasteiger partial charge in [-0.05, 0) is 18.9 Å². The maximum atomic E-state index is 11.8. The van der Waals surface area contributed by atoms with Crippen molar-refractivity contribution in [2.75, 3.05) is 0 Å². The Morgan fingerprint density at radius 3 is 2.45 bits per heavy atom. The molecule has 4 nitrogen and oxygen atoms in total. The minimum Gasteiger partial charge on any atom is -0.459 e. The Balaban J connectivity index is 2.18. The van der Waals surface area contributed by atoms with Crippen LogP contribution in [0.3, 0.4) is 0 Å². The molecule has 0 saturated heterocycles. The second-order valence-electron chi connectivity index (χ2n) is 5.55. The van der Waals surface area contributed by atoms with Gasteiger partial charge < -0.3 is 10.1 Å². The van der Waals surface area contributed by atoms with Gasteiger partial charge >= 0.3 is 5.97 Å². The van der Waals surface area contributed by atoms with Crippen molar-refractivity contribution in [2.24, 2.45) is 0 Å². The van der Waals surface area contributed by atoms with Gasteiger partial charge in [0.1, 0.15) is 12.6 Å². The van der Waals surface area contributed by atoms with Crippen molar-refractivity contribution in [1.29, 1.82) is 0 Å². The fourth-order valence-corrected chi connectivity index (χ4v) is 2.12. The van der Waals surface area contributed by atoms with E-state index in [1.165, 1.54) is 19.3 Å². The monoisotopic (exact) mass is 305 g/mol. The molecular weight excluding hydrogens is 278 g/mol. The van der Waals surface area contributed by atoms with Gasteiger partial charge in [0.15, 0.2) is 0 Å². The molecule has 1 aromatic rings. The summed E-state index contributed by atoms with van der Waals surface area (Å²) >= 11 is 0. The summed E-state index contributed by atoms with van der Waals surface area (Å²) in [4.78, 5) is 23.6. The normalized spacial score (nSPS) is 11.7. The molecule has 1 aromatic carbocycles. The molecular formula is C18H27NO3. The lowest BCUT2D eigenvalue weighted by Gasteiger charge is -2.13. The van der Waals surface area contributed by atoms with E-state index < -0.39 is 12.0 Å². The minimum atomic E-state index is -0.605. The molecule has 0 bridgehead atoms. The van der Waals surface area contributed by atoms with Crippen LogP contribution in [0.2, 0.25) is 0 Å². The minimum absolute atomic E-state index is 0.0827. The van der Waals surface area contributed by atoms with Crippen LogP contribution in [0.15, 0.2) is 30.3 Å². The number of unbranched alkanes of at least 4 members (excludes halogenated alkanes) is 4. The van der Waals surface area contributed by atoms with Gasteiger partial charge in [0, 0.05) is 6.42 Å². The van der Waals surface area contributed by atoms with Gasteiger partial charge in [-0.1, -0.05) is 62.9 Å². The van der Waals surface area contributed by atoms with Crippen LogP contribution in [0.1, 0.15) is 57.9 Å². The highest BCUT2D eigenvalue weighted by atomic mass is 16.5. The molecule has 0 aliphatic carbocycles. The summed E-state index contributed by atoms with van der Waals surface area (Å²) in [5.74, 6) is -0.483. The Morgan fingerprint density at radius 2 is 1.77 bits per heavy atom. The largest absolute Gasteiger partial charge is 0.459 e. The maximum Gasteiger partial charge on any atom is 0.328 e. The average Bonchev–Trinajstić information content (AvgIpc) is 2.53. The number of hydrogen-bond acceptors (Lipinski definition) is 3. The standard InChI is InChI=1S/C18H27NO3/c1-3-4-5-6-10-13-17(20)19-15(2)18(21)22-14-16-11-8-7-9-12-16/h7-9,11-12,15H,3-6,10,13-14H2,1-2H3,(H,19,20)/t15-/m0/s1. The molecule has 0 unspecified atom stereocenters. The molecule has 122 valence electrons. The zero-order valence-corrected chi connectivity index (χ0v) is 13.6. The number of esters is 1. The van der Waals surface area contributed by atoms with Gasteiger partial charge in [-0.15, -0.1) is 0 Å². The van der Waals surface area contributed by atoms with Gasteiger partial charge in [-0.25, -0.2) is 4.79 Å². The van der Waals surface area contributed by atoms with E-state index in [1.807, 2.05) is 30.3 Å². The molecule has 0 fully saturated rings. The number of benzene rings is 1. The number of nitrogens with one attached hydrogen (secondary N) is 1. The summed E-state index contributed by atoms with van der Waals surface area (Å²) in [6.07, 6.45) is 5.98. The first-order chi connectivity index (χ1) is 10.6. The molecule has 1 N–H and O–H groups in total. The van der Waals surface area contributed by atoms with Crippen LogP contribution in [-0.4, -0.2) is 17.9 Å². The van der Waals surface area contributed by atoms with Crippen molar-refractivity contribution in [2.45, 2.75) is 65.0 Å². The van der Waals surface area contributed by atoms with E-state index in [0.29, 0.717) is 6.42 Å². The smallest absolute Gasteiger partial charge is 0.328 e. The molecule has 22 heavy (non-hydrogen) atoms. The fraction of sp³-hybridized carbons (Fsp3) is 0.556. The number of carbonyl (C=O) groups excluding carboxylic acids is 2. The van der Waals surface area contributed by atoms with Crippen LogP contribution in [0.25, 0.3) is 0 Å². The van der Waals surface area contributed by atoms with E-state index in [-0.39, 0.29) is 12.5 Å². The van der Waals surface area contributed by atoms with Crippen molar-refractivity contribution < 1.29 is 14.3 Å². The number of hydrogen-bond donors (Lipinski definition) is 1. The van der Waals surface area contributed by atoms with Gasteiger partial charge in [0.25, 0.3) is 0 Å². The molecule has 4 heteroatoms. The second kappa shape index (κ2) is 10.8. The molecule has 0 aliphatic rings. The first-order valence-electron chi connectivity index (χ1n) is 8.13. The Hall–Kier alpha value is -1.84. The summed E-state index contributed by atoms with van der Waals surface area (Å²) in [5.41, 5.74) is 0.935. The van der Waals surface area contributed by atoms with Crippen LogP contribution in [-0.2, 0) is 20.9 Å². The van der Waals surface area contributed by atoms with E-state index >= 15 is 0 Å². The second-order valence-corrected chi connectivity index (χ2v) is 5.55. The van der Waals surface area contributed by atoms with Crippen LogP contribution in [0.4, 0.5) is 0 Å². The predicted molar refractivity (Wildman–Crippen MR) is 87.2 cm³/mol. The lowest BCUT2D eigenvalue weighted by Crippen LogP contribution is -2.39. The number of ether oxygens (including phenoxy) is 1. The molecule has 1 atom stereocenters. The molecule has 0 aromatic heterocycles. The molecule has 0 heterocycles. The zero-order chi connectivity index (χ0) is 16.2. The van der Waals surface area contributed by atoms with Crippen LogP contribution < -0.4 is 5.32 Å². The summed E-state index contributed by atoms with van der Waals surface area (Å²) in [5, 5.41) is 2.69. The van der Waals surface area contributed by atoms with Crippen LogP contribution in [0, 0.1) is 0 Å². The van der Waals surface area contributed by atoms with Crippen molar-refractivity contribution >= 4 is 11.9 Å². The predicted octanol–water partition coefficient (Wildman–Crippen LogP) is 3.60. The Labute approximate surface area is 133 Å². The van der Waals surface area contributed by atoms with E-state index in [1.54, 1.807) is 6.92 Å². The van der Waals surface area contributed by atoms with Gasteiger partial charge in [0.05, 0.1) is 0 Å². The average molecular weight is 305 g/mol. The maximum absolute atomic E-state index is 11.8. The van der Waals surface area contributed by atoms with Crippen molar-refractivity contribution in [1.82, 2.24) is 5.32 Å². The highest BCUT2D eigenvalue weighted by molar-refractivity contribution is 5.84.